The molecule has 0 saturated carbocycles. The number of nitrogens with zero attached hydrogens (tertiary/aromatic N) is 3. The molecular formula is C18H20N6O4. The first kappa shape index (κ1) is 17.9. The predicted molar refractivity (Wildman–Crippen MR) is 104 cm³/mol. The van der Waals surface area contributed by atoms with Crippen molar-refractivity contribution in [2.45, 2.75) is 0 Å². The number of furan rings is 1. The van der Waals surface area contributed by atoms with Crippen LogP contribution in [0.25, 0.3) is 11.1 Å². The Hall–Kier alpha value is -3.53. The number of nitrogens with one attached hydrogen (secondary N) is 2. The highest BCUT2D eigenvalue weighted by molar-refractivity contribution is 6.10. The Kier molecular flexibility index (Phi) is 4.40. The van der Waals surface area contributed by atoms with Crippen LogP contribution < -0.4 is 16.0 Å². The van der Waals surface area contributed by atoms with Crippen LogP contribution in [0.2, 0.25) is 0 Å². The fourth-order valence-electron chi connectivity index (χ4n) is 3.20. The van der Waals surface area contributed by atoms with E-state index in [1.54, 1.807) is 12.1 Å². The van der Waals surface area contributed by atoms with Gasteiger partial charge in [-0.3, -0.25) is 9.89 Å². The molecule has 4 rings (SSSR count). The van der Waals surface area contributed by atoms with Gasteiger partial charge in [0.15, 0.2) is 11.4 Å². The number of hydrogen-bond donors (Lipinski definition) is 4. The minimum Gasteiger partial charge on any atom is -0.475 e. The van der Waals surface area contributed by atoms with Gasteiger partial charge in [0.25, 0.3) is 5.91 Å². The molecule has 3 heterocycles. The standard InChI is InChI=1S/C18H20N6O4/c1-23-4-6-24(7-5-23)10-2-3-11(12(19)8-10)17(25)20-16-15-13(21-22-16)9-14(28-15)18(26)27/h2-3,8-9H,4-7,19H2,1H3,(H,26,27)(H2,20,21,22,25). The zero-order valence-corrected chi connectivity index (χ0v) is 15.2. The number of benzene rings is 1. The summed E-state index contributed by atoms with van der Waals surface area (Å²) < 4.78 is 5.22. The zero-order chi connectivity index (χ0) is 19.8. The van der Waals surface area contributed by atoms with Crippen LogP contribution in [0.1, 0.15) is 20.9 Å². The predicted octanol–water partition coefficient (Wildman–Crippen LogP) is 1.44. The van der Waals surface area contributed by atoms with Gasteiger partial charge in [0.1, 0.15) is 5.52 Å². The van der Waals surface area contributed by atoms with E-state index in [9.17, 15) is 9.59 Å². The summed E-state index contributed by atoms with van der Waals surface area (Å²) in [6.45, 7) is 3.74. The Balaban J connectivity index is 1.53. The van der Waals surface area contributed by atoms with E-state index in [0.29, 0.717) is 16.8 Å². The van der Waals surface area contributed by atoms with Gasteiger partial charge in [-0.1, -0.05) is 0 Å². The average Bonchev–Trinajstić information content (AvgIpc) is 3.24. The van der Waals surface area contributed by atoms with Crippen LogP contribution in [0.4, 0.5) is 17.2 Å². The molecule has 0 unspecified atom stereocenters. The van der Waals surface area contributed by atoms with Gasteiger partial charge in [-0.2, -0.15) is 5.10 Å². The van der Waals surface area contributed by atoms with Gasteiger partial charge < -0.3 is 30.4 Å². The summed E-state index contributed by atoms with van der Waals surface area (Å²) in [6.07, 6.45) is 0. The molecule has 28 heavy (non-hydrogen) atoms. The summed E-state index contributed by atoms with van der Waals surface area (Å²) in [5.74, 6) is -1.79. The highest BCUT2D eigenvalue weighted by Gasteiger charge is 2.20. The lowest BCUT2D eigenvalue weighted by atomic mass is 10.1. The first-order valence-electron chi connectivity index (χ1n) is 8.78. The van der Waals surface area contributed by atoms with Crippen molar-refractivity contribution in [2.75, 3.05) is 49.2 Å². The molecule has 2 aromatic heterocycles. The summed E-state index contributed by atoms with van der Waals surface area (Å²) in [5, 5.41) is 18.2. The number of carboxylic acid groups (broad SMARTS) is 1. The largest absolute Gasteiger partial charge is 0.475 e. The van der Waals surface area contributed by atoms with Crippen molar-refractivity contribution in [1.82, 2.24) is 15.1 Å². The Bertz CT molecular complexity index is 1050. The van der Waals surface area contributed by atoms with Crippen LogP contribution >= 0.6 is 0 Å². The molecule has 1 aromatic carbocycles. The molecule has 5 N–H and O–H groups in total. The molecule has 10 nitrogen and oxygen atoms in total. The van der Waals surface area contributed by atoms with Gasteiger partial charge in [0.05, 0.1) is 5.56 Å². The number of carbonyl (C=O) groups is 2. The molecule has 0 spiro atoms. The topological polar surface area (TPSA) is 141 Å². The van der Waals surface area contributed by atoms with Gasteiger partial charge in [-0.25, -0.2) is 4.79 Å². The van der Waals surface area contributed by atoms with Gasteiger partial charge >= 0.3 is 5.97 Å². The number of likely N-dealkylation sites (N-methyl/N-ethyl adjacent to an activating group) is 1. The highest BCUT2D eigenvalue weighted by Crippen LogP contribution is 2.27. The van der Waals surface area contributed by atoms with E-state index < -0.39 is 11.9 Å². The molecule has 3 aromatic rings. The molecule has 1 aliphatic rings. The first-order valence-corrected chi connectivity index (χ1v) is 8.78. The Morgan fingerprint density at radius 2 is 2.00 bits per heavy atom. The number of aromatic amines is 1. The third-order valence-electron chi connectivity index (χ3n) is 4.83. The molecule has 1 fully saturated rings. The average molecular weight is 384 g/mol. The van der Waals surface area contributed by atoms with Crippen molar-refractivity contribution >= 4 is 40.2 Å². The summed E-state index contributed by atoms with van der Waals surface area (Å²) in [7, 11) is 2.09. The number of H-pyrrole nitrogens is 1. The van der Waals surface area contributed by atoms with Crippen LogP contribution in [-0.2, 0) is 0 Å². The van der Waals surface area contributed by atoms with Gasteiger partial charge in [0.2, 0.25) is 5.76 Å². The lowest BCUT2D eigenvalue weighted by molar-refractivity contribution is 0.0665. The van der Waals surface area contributed by atoms with Crippen LogP contribution in [0.15, 0.2) is 28.7 Å². The third kappa shape index (κ3) is 3.25. The van der Waals surface area contributed by atoms with Crippen LogP contribution in [0.3, 0.4) is 0 Å². The number of fused-ring (bicyclic) bond motifs is 1. The normalized spacial score (nSPS) is 15.1. The third-order valence-corrected chi connectivity index (χ3v) is 4.83. The molecule has 0 aliphatic carbocycles. The van der Waals surface area contributed by atoms with Crippen LogP contribution in [-0.4, -0.2) is 65.3 Å². The number of rotatable bonds is 4. The van der Waals surface area contributed by atoms with E-state index in [4.69, 9.17) is 15.3 Å². The maximum Gasteiger partial charge on any atom is 0.371 e. The Labute approximate surface area is 159 Å². The second-order valence-electron chi connectivity index (χ2n) is 6.75. The lowest BCUT2D eigenvalue weighted by Gasteiger charge is -2.34. The maximum atomic E-state index is 12.6. The quantitative estimate of drug-likeness (QED) is 0.495. The van der Waals surface area contributed by atoms with Gasteiger partial charge in [-0.05, 0) is 25.2 Å². The summed E-state index contributed by atoms with van der Waals surface area (Å²) >= 11 is 0. The van der Waals surface area contributed by atoms with E-state index in [2.05, 4.69) is 32.4 Å². The summed E-state index contributed by atoms with van der Waals surface area (Å²) in [6, 6.07) is 6.63. The van der Waals surface area contributed by atoms with Gasteiger partial charge in [0, 0.05) is 43.6 Å². The van der Waals surface area contributed by atoms with E-state index in [-0.39, 0.29) is 17.2 Å². The van der Waals surface area contributed by atoms with Gasteiger partial charge in [-0.15, -0.1) is 0 Å². The number of anilines is 3. The number of carbonyl (C=O) groups excluding carboxylic acids is 1. The van der Waals surface area contributed by atoms with E-state index in [1.807, 2.05) is 6.07 Å². The first-order chi connectivity index (χ1) is 13.4. The molecule has 10 heteroatoms. The van der Waals surface area contributed by atoms with E-state index in [0.717, 1.165) is 31.9 Å². The van der Waals surface area contributed by atoms with Crippen molar-refractivity contribution in [3.05, 3.63) is 35.6 Å². The van der Waals surface area contributed by atoms with E-state index >= 15 is 0 Å². The van der Waals surface area contributed by atoms with Crippen molar-refractivity contribution in [2.24, 2.45) is 0 Å². The number of nitrogens with two attached hydrogens (primary N) is 1. The minimum atomic E-state index is -1.20. The number of carboxylic acids is 1. The number of hydrogen-bond acceptors (Lipinski definition) is 7. The molecule has 1 aliphatic heterocycles. The number of aromatic nitrogens is 2. The monoisotopic (exact) mass is 384 g/mol. The summed E-state index contributed by atoms with van der Waals surface area (Å²) in [5.41, 5.74) is 8.29. The van der Waals surface area contributed by atoms with Crippen LogP contribution in [0, 0.1) is 0 Å². The number of nitrogen functional groups attached to an aromatic ring is 1. The van der Waals surface area contributed by atoms with Crippen molar-refractivity contribution in [1.29, 1.82) is 0 Å². The molecule has 0 radical (unpaired) electrons. The second kappa shape index (κ2) is 6.89. The smallest absolute Gasteiger partial charge is 0.371 e. The molecule has 1 amide bonds. The Morgan fingerprint density at radius 1 is 1.25 bits per heavy atom. The molecule has 0 atom stereocenters. The fraction of sp³-hybridized carbons (Fsp3) is 0.278. The van der Waals surface area contributed by atoms with Crippen molar-refractivity contribution in [3.63, 3.8) is 0 Å². The number of aromatic carboxylic acids is 1. The van der Waals surface area contributed by atoms with E-state index in [1.165, 1.54) is 6.07 Å². The fourth-order valence-corrected chi connectivity index (χ4v) is 3.20. The maximum absolute atomic E-state index is 12.6. The lowest BCUT2D eigenvalue weighted by Crippen LogP contribution is -2.44. The minimum absolute atomic E-state index is 0.107. The molecule has 1 saturated heterocycles. The summed E-state index contributed by atoms with van der Waals surface area (Å²) in [4.78, 5) is 28.1. The number of amides is 1. The molecule has 146 valence electrons. The molecular weight excluding hydrogens is 364 g/mol. The molecule has 0 bridgehead atoms. The van der Waals surface area contributed by atoms with Crippen LogP contribution in [0.5, 0.6) is 0 Å². The van der Waals surface area contributed by atoms with Crippen molar-refractivity contribution < 1.29 is 19.1 Å². The zero-order valence-electron chi connectivity index (χ0n) is 15.2. The Morgan fingerprint density at radius 3 is 2.68 bits per heavy atom. The second-order valence-corrected chi connectivity index (χ2v) is 6.75. The van der Waals surface area contributed by atoms with Crippen molar-refractivity contribution in [3.8, 4) is 0 Å². The SMILES string of the molecule is CN1CCN(c2ccc(C(=O)Nc3n[nH]c4cc(C(=O)O)oc34)c(N)c2)CC1. The number of piperazine rings is 1. The highest BCUT2D eigenvalue weighted by atomic mass is 16.4.